The Bertz CT molecular complexity index is 444. The Morgan fingerprint density at radius 3 is 1.81 bits per heavy atom. The smallest absolute Gasteiger partial charge is 0.244 e. The second kappa shape index (κ2) is 9.03. The third-order valence-corrected chi connectivity index (χ3v) is 8.28. The molecular formula is C23H38F4. The molecule has 0 aliphatic heterocycles. The molecule has 0 radical (unpaired) electrons. The summed E-state index contributed by atoms with van der Waals surface area (Å²) >= 11 is 0. The van der Waals surface area contributed by atoms with Crippen LogP contribution in [0.25, 0.3) is 0 Å². The molecule has 3 aliphatic rings. The van der Waals surface area contributed by atoms with Crippen molar-refractivity contribution in [2.45, 2.75) is 109 Å². The zero-order valence-corrected chi connectivity index (χ0v) is 17.1. The lowest BCUT2D eigenvalue weighted by Crippen LogP contribution is -2.37. The molecule has 158 valence electrons. The van der Waals surface area contributed by atoms with E-state index in [1.807, 2.05) is 6.92 Å². The van der Waals surface area contributed by atoms with Gasteiger partial charge in [0.2, 0.25) is 5.92 Å². The van der Waals surface area contributed by atoms with Gasteiger partial charge in [-0.05, 0) is 94.3 Å². The molecule has 3 rings (SSSR count). The highest BCUT2D eigenvalue weighted by Crippen LogP contribution is 2.46. The van der Waals surface area contributed by atoms with Crippen LogP contribution in [0.15, 0.2) is 0 Å². The van der Waals surface area contributed by atoms with E-state index in [2.05, 4.69) is 0 Å². The lowest BCUT2D eigenvalue weighted by atomic mass is 9.67. The van der Waals surface area contributed by atoms with Crippen LogP contribution in [-0.4, -0.2) is 18.3 Å². The molecule has 0 aromatic heterocycles. The van der Waals surface area contributed by atoms with Gasteiger partial charge in [0.15, 0.2) is 0 Å². The lowest BCUT2D eigenvalue weighted by molar-refractivity contribution is -0.0619. The van der Waals surface area contributed by atoms with Gasteiger partial charge in [-0.15, -0.1) is 0 Å². The van der Waals surface area contributed by atoms with Crippen molar-refractivity contribution < 1.29 is 17.6 Å². The maximum atomic E-state index is 14.2. The average molecular weight is 391 g/mol. The zero-order chi connectivity index (χ0) is 19.6. The number of alkyl halides is 4. The van der Waals surface area contributed by atoms with Crippen LogP contribution in [0.2, 0.25) is 0 Å². The van der Waals surface area contributed by atoms with Gasteiger partial charge in [-0.2, -0.15) is 0 Å². The van der Waals surface area contributed by atoms with Gasteiger partial charge < -0.3 is 0 Å². The van der Waals surface area contributed by atoms with E-state index in [0.717, 1.165) is 45.4 Å². The molecule has 3 aliphatic carbocycles. The van der Waals surface area contributed by atoms with Crippen LogP contribution in [0.1, 0.15) is 90.9 Å². The molecule has 4 atom stereocenters. The SMILES string of the molecule is CC1CCC(CCC2CCC(C3CCC(C(C)(F)F)CC3)CC2)C(F)C1F. The standard InChI is InChI=1S/C23H38F4/c1-15-3-7-19(22(25)21(15)24)10-6-16-4-8-17(9-5-16)18-11-13-20(14-12-18)23(2,26)27/h15-22H,3-14H2,1-2H3. The maximum absolute atomic E-state index is 14.2. The Hall–Kier alpha value is -0.280. The summed E-state index contributed by atoms with van der Waals surface area (Å²) in [5.74, 6) is -1.17. The van der Waals surface area contributed by atoms with Crippen LogP contribution >= 0.6 is 0 Å². The van der Waals surface area contributed by atoms with Gasteiger partial charge >= 0.3 is 0 Å². The third-order valence-electron chi connectivity index (χ3n) is 8.28. The molecule has 0 spiro atoms. The molecule has 0 saturated heterocycles. The van der Waals surface area contributed by atoms with E-state index in [-0.39, 0.29) is 11.8 Å². The van der Waals surface area contributed by atoms with Gasteiger partial charge in [-0.25, -0.2) is 17.6 Å². The Kier molecular flexibility index (Phi) is 7.17. The largest absolute Gasteiger partial charge is 0.248 e. The minimum atomic E-state index is -2.52. The summed E-state index contributed by atoms with van der Waals surface area (Å²) in [6.45, 7) is 2.90. The zero-order valence-electron chi connectivity index (χ0n) is 17.1. The molecule has 0 aromatic carbocycles. The first kappa shape index (κ1) is 21.4. The molecule has 0 bridgehead atoms. The summed E-state index contributed by atoms with van der Waals surface area (Å²) in [7, 11) is 0. The molecule has 0 amide bonds. The lowest BCUT2D eigenvalue weighted by Gasteiger charge is -2.39. The van der Waals surface area contributed by atoms with E-state index in [4.69, 9.17) is 0 Å². The summed E-state index contributed by atoms with van der Waals surface area (Å²) < 4.78 is 55.1. The van der Waals surface area contributed by atoms with Crippen LogP contribution in [0.4, 0.5) is 17.6 Å². The second-order valence-corrected chi connectivity index (χ2v) is 10.1. The van der Waals surface area contributed by atoms with Crippen molar-refractivity contribution in [2.75, 3.05) is 0 Å². The number of rotatable bonds is 5. The molecule has 0 heterocycles. The first-order valence-corrected chi connectivity index (χ1v) is 11.4. The van der Waals surface area contributed by atoms with Crippen LogP contribution in [0.5, 0.6) is 0 Å². The first-order chi connectivity index (χ1) is 12.8. The van der Waals surface area contributed by atoms with E-state index >= 15 is 0 Å². The van der Waals surface area contributed by atoms with Crippen LogP contribution in [-0.2, 0) is 0 Å². The molecular weight excluding hydrogens is 352 g/mol. The van der Waals surface area contributed by atoms with Crippen molar-refractivity contribution in [1.82, 2.24) is 0 Å². The van der Waals surface area contributed by atoms with Crippen molar-refractivity contribution >= 4 is 0 Å². The maximum Gasteiger partial charge on any atom is 0.248 e. The normalized spacial score (nSPS) is 44.2. The van der Waals surface area contributed by atoms with Gasteiger partial charge in [0, 0.05) is 5.92 Å². The summed E-state index contributed by atoms with van der Waals surface area (Å²) in [6.07, 6.45) is 9.05. The van der Waals surface area contributed by atoms with Crippen molar-refractivity contribution in [1.29, 1.82) is 0 Å². The highest BCUT2D eigenvalue weighted by molar-refractivity contribution is 4.88. The fraction of sp³-hybridized carbons (Fsp3) is 1.00. The van der Waals surface area contributed by atoms with Gasteiger partial charge in [0.1, 0.15) is 12.3 Å². The van der Waals surface area contributed by atoms with E-state index in [1.165, 1.54) is 25.7 Å². The fourth-order valence-corrected chi connectivity index (χ4v) is 6.17. The highest BCUT2D eigenvalue weighted by Gasteiger charge is 2.40. The molecule has 0 nitrogen and oxygen atoms in total. The molecule has 0 aromatic rings. The molecule has 3 saturated carbocycles. The second-order valence-electron chi connectivity index (χ2n) is 10.1. The molecule has 3 fully saturated rings. The van der Waals surface area contributed by atoms with Crippen LogP contribution in [0, 0.1) is 35.5 Å². The summed E-state index contributed by atoms with van der Waals surface area (Å²) in [6, 6.07) is 0. The van der Waals surface area contributed by atoms with Gasteiger partial charge in [0.05, 0.1) is 0 Å². The average Bonchev–Trinajstić information content (AvgIpc) is 2.65. The Labute approximate surface area is 162 Å². The Balaban J connectivity index is 1.36. The molecule has 0 N–H and O–H groups in total. The van der Waals surface area contributed by atoms with E-state index in [9.17, 15) is 17.6 Å². The van der Waals surface area contributed by atoms with E-state index < -0.39 is 24.2 Å². The Morgan fingerprint density at radius 1 is 0.704 bits per heavy atom. The molecule has 4 unspecified atom stereocenters. The number of hydrogen-bond acceptors (Lipinski definition) is 0. The van der Waals surface area contributed by atoms with E-state index in [1.54, 1.807) is 0 Å². The summed E-state index contributed by atoms with van der Waals surface area (Å²) in [4.78, 5) is 0. The first-order valence-electron chi connectivity index (χ1n) is 11.4. The number of hydrogen-bond donors (Lipinski definition) is 0. The topological polar surface area (TPSA) is 0 Å². The minimum Gasteiger partial charge on any atom is -0.244 e. The minimum absolute atomic E-state index is 0.0834. The highest BCUT2D eigenvalue weighted by atomic mass is 19.3. The quantitative estimate of drug-likeness (QED) is 0.421. The van der Waals surface area contributed by atoms with Crippen molar-refractivity contribution in [3.05, 3.63) is 0 Å². The van der Waals surface area contributed by atoms with E-state index in [0.29, 0.717) is 30.6 Å². The Morgan fingerprint density at radius 2 is 1.26 bits per heavy atom. The van der Waals surface area contributed by atoms with Crippen LogP contribution in [0.3, 0.4) is 0 Å². The van der Waals surface area contributed by atoms with Gasteiger partial charge in [-0.3, -0.25) is 0 Å². The fourth-order valence-electron chi connectivity index (χ4n) is 6.17. The molecule has 4 heteroatoms. The summed E-state index contributed by atoms with van der Waals surface area (Å²) in [5.41, 5.74) is 0. The van der Waals surface area contributed by atoms with Crippen LogP contribution < -0.4 is 0 Å². The third kappa shape index (κ3) is 5.41. The van der Waals surface area contributed by atoms with Crippen molar-refractivity contribution in [3.63, 3.8) is 0 Å². The summed E-state index contributed by atoms with van der Waals surface area (Å²) in [5, 5.41) is 0. The predicted octanol–water partition coefficient (Wildman–Crippen LogP) is 7.76. The molecule has 27 heavy (non-hydrogen) atoms. The number of halogens is 4. The monoisotopic (exact) mass is 390 g/mol. The van der Waals surface area contributed by atoms with Crippen molar-refractivity contribution in [2.24, 2.45) is 35.5 Å². The predicted molar refractivity (Wildman–Crippen MR) is 102 cm³/mol. The van der Waals surface area contributed by atoms with Gasteiger partial charge in [0.25, 0.3) is 0 Å². The van der Waals surface area contributed by atoms with Crippen molar-refractivity contribution in [3.8, 4) is 0 Å². The van der Waals surface area contributed by atoms with Gasteiger partial charge in [-0.1, -0.05) is 26.2 Å².